The van der Waals surface area contributed by atoms with E-state index < -0.39 is 0 Å². The van der Waals surface area contributed by atoms with Gasteiger partial charge in [-0.3, -0.25) is 0 Å². The van der Waals surface area contributed by atoms with Crippen molar-refractivity contribution < 1.29 is 0 Å². The summed E-state index contributed by atoms with van der Waals surface area (Å²) >= 11 is 1.70. The zero-order chi connectivity index (χ0) is 9.84. The zero-order valence-electron chi connectivity index (χ0n) is 8.16. The molecule has 1 aromatic rings. The molecule has 1 aromatic carbocycles. The van der Waals surface area contributed by atoms with E-state index in [1.165, 1.54) is 10.5 Å². The van der Waals surface area contributed by atoms with E-state index in [1.807, 2.05) is 13.2 Å². The van der Waals surface area contributed by atoms with Crippen molar-refractivity contribution in [3.05, 3.63) is 40.7 Å². The molecule has 0 radical (unpaired) electrons. The van der Waals surface area contributed by atoms with Crippen LogP contribution in [0.4, 0.5) is 0 Å². The van der Waals surface area contributed by atoms with Crippen LogP contribution in [0.15, 0.2) is 23.1 Å². The highest BCUT2D eigenvalue weighted by atomic mass is 32.2. The lowest BCUT2D eigenvalue weighted by Crippen LogP contribution is -1.91. The standard InChI is InChI=1S/C11H13NS/c1-8-5-6-11(13-4)10(7-8)9(2)12-3/h5-7,9H,1-2,4H3. The van der Waals surface area contributed by atoms with Crippen molar-refractivity contribution in [2.45, 2.75) is 24.8 Å². The molecule has 0 fully saturated rings. The first-order valence-electron chi connectivity index (χ1n) is 4.20. The number of nitrogens with zero attached hydrogens (tertiary/aromatic N) is 1. The van der Waals surface area contributed by atoms with Gasteiger partial charge >= 0.3 is 0 Å². The second-order valence-corrected chi connectivity index (χ2v) is 3.90. The monoisotopic (exact) mass is 191 g/mol. The highest BCUT2D eigenvalue weighted by molar-refractivity contribution is 7.98. The quantitative estimate of drug-likeness (QED) is 0.509. The molecule has 1 atom stereocenters. The van der Waals surface area contributed by atoms with Gasteiger partial charge in [0.15, 0.2) is 0 Å². The van der Waals surface area contributed by atoms with Gasteiger partial charge in [-0.2, -0.15) is 0 Å². The van der Waals surface area contributed by atoms with Crippen molar-refractivity contribution in [2.24, 2.45) is 0 Å². The van der Waals surface area contributed by atoms with Crippen LogP contribution in [0.5, 0.6) is 0 Å². The van der Waals surface area contributed by atoms with Crippen LogP contribution in [0.3, 0.4) is 0 Å². The van der Waals surface area contributed by atoms with Gasteiger partial charge in [-0.1, -0.05) is 11.6 Å². The van der Waals surface area contributed by atoms with Crippen LogP contribution in [0.25, 0.3) is 4.85 Å². The van der Waals surface area contributed by atoms with Crippen LogP contribution in [-0.4, -0.2) is 6.26 Å². The molecule has 1 rings (SSSR count). The minimum absolute atomic E-state index is 0.0256. The molecule has 0 amide bonds. The van der Waals surface area contributed by atoms with Crippen molar-refractivity contribution in [1.29, 1.82) is 0 Å². The largest absolute Gasteiger partial charge is 0.309 e. The Morgan fingerprint density at radius 2 is 2.15 bits per heavy atom. The second kappa shape index (κ2) is 4.34. The minimum atomic E-state index is -0.0256. The van der Waals surface area contributed by atoms with E-state index in [1.54, 1.807) is 11.8 Å². The molecule has 0 heterocycles. The normalized spacial score (nSPS) is 12.2. The van der Waals surface area contributed by atoms with E-state index in [-0.39, 0.29) is 6.04 Å². The molecule has 1 unspecified atom stereocenters. The molecule has 0 spiro atoms. The van der Waals surface area contributed by atoms with Gasteiger partial charge < -0.3 is 4.85 Å². The molecule has 1 nitrogen and oxygen atoms in total. The first-order chi connectivity index (χ1) is 6.19. The Bertz CT molecular complexity index is 338. The number of hydrogen-bond acceptors (Lipinski definition) is 1. The average Bonchev–Trinajstić information content (AvgIpc) is 2.16. The Labute approximate surface area is 84.0 Å². The molecule has 13 heavy (non-hydrogen) atoms. The third kappa shape index (κ3) is 2.26. The van der Waals surface area contributed by atoms with E-state index in [0.717, 1.165) is 5.56 Å². The summed E-state index contributed by atoms with van der Waals surface area (Å²) in [5.74, 6) is 0. The van der Waals surface area contributed by atoms with E-state index in [9.17, 15) is 0 Å². The predicted molar refractivity (Wildman–Crippen MR) is 58.0 cm³/mol. The van der Waals surface area contributed by atoms with Gasteiger partial charge in [0.25, 0.3) is 0 Å². The Morgan fingerprint density at radius 1 is 1.46 bits per heavy atom. The van der Waals surface area contributed by atoms with Crippen molar-refractivity contribution in [3.8, 4) is 0 Å². The fourth-order valence-electron chi connectivity index (χ4n) is 1.25. The van der Waals surface area contributed by atoms with Crippen LogP contribution in [0.2, 0.25) is 0 Å². The highest BCUT2D eigenvalue weighted by Crippen LogP contribution is 2.28. The number of benzene rings is 1. The fraction of sp³-hybridized carbons (Fsp3) is 0.364. The lowest BCUT2D eigenvalue weighted by molar-refractivity contribution is 0.925. The lowest BCUT2D eigenvalue weighted by atomic mass is 10.1. The first kappa shape index (κ1) is 10.1. The molecule has 68 valence electrons. The maximum absolute atomic E-state index is 7.00. The van der Waals surface area contributed by atoms with Crippen molar-refractivity contribution in [3.63, 3.8) is 0 Å². The van der Waals surface area contributed by atoms with Crippen LogP contribution in [0, 0.1) is 13.5 Å². The Kier molecular flexibility index (Phi) is 3.39. The third-order valence-corrected chi connectivity index (χ3v) is 2.84. The summed E-state index contributed by atoms with van der Waals surface area (Å²) in [4.78, 5) is 4.76. The summed E-state index contributed by atoms with van der Waals surface area (Å²) in [6.07, 6.45) is 2.05. The average molecular weight is 191 g/mol. The molecule has 2 heteroatoms. The molecular formula is C11H13NS. The van der Waals surface area contributed by atoms with Crippen LogP contribution in [0.1, 0.15) is 24.1 Å². The molecule has 0 bridgehead atoms. The maximum atomic E-state index is 7.00. The van der Waals surface area contributed by atoms with E-state index in [0.29, 0.717) is 0 Å². The predicted octanol–water partition coefficient (Wildman–Crippen LogP) is 3.70. The molecular weight excluding hydrogens is 178 g/mol. The van der Waals surface area contributed by atoms with Crippen molar-refractivity contribution >= 4 is 11.8 Å². The van der Waals surface area contributed by atoms with Crippen LogP contribution < -0.4 is 0 Å². The number of rotatable bonds is 2. The Morgan fingerprint density at radius 3 is 2.69 bits per heavy atom. The summed E-state index contributed by atoms with van der Waals surface area (Å²) < 4.78 is 0. The number of aryl methyl sites for hydroxylation is 1. The second-order valence-electron chi connectivity index (χ2n) is 3.05. The van der Waals surface area contributed by atoms with Gasteiger partial charge in [0.1, 0.15) is 0 Å². The smallest absolute Gasteiger partial charge is 0.247 e. The molecule has 0 saturated heterocycles. The SMILES string of the molecule is [C-]#[N+]C(C)c1cc(C)ccc1SC. The summed E-state index contributed by atoms with van der Waals surface area (Å²) in [5, 5.41) is 0. The molecule has 0 saturated carbocycles. The summed E-state index contributed by atoms with van der Waals surface area (Å²) in [6.45, 7) is 11.0. The lowest BCUT2D eigenvalue weighted by Gasteiger charge is -2.06. The van der Waals surface area contributed by atoms with Gasteiger partial charge in [-0.25, -0.2) is 6.57 Å². The third-order valence-electron chi connectivity index (χ3n) is 2.03. The van der Waals surface area contributed by atoms with Gasteiger partial charge in [-0.15, -0.1) is 11.8 Å². The summed E-state index contributed by atoms with van der Waals surface area (Å²) in [7, 11) is 0. The van der Waals surface area contributed by atoms with Crippen LogP contribution >= 0.6 is 11.8 Å². The van der Waals surface area contributed by atoms with E-state index in [4.69, 9.17) is 6.57 Å². The Balaban J connectivity index is 3.17. The number of hydrogen-bond donors (Lipinski definition) is 0. The van der Waals surface area contributed by atoms with Crippen LogP contribution in [-0.2, 0) is 0 Å². The maximum Gasteiger partial charge on any atom is 0.247 e. The molecule has 0 aromatic heterocycles. The number of thioether (sulfide) groups is 1. The molecule has 0 aliphatic heterocycles. The minimum Gasteiger partial charge on any atom is -0.309 e. The highest BCUT2D eigenvalue weighted by Gasteiger charge is 2.13. The van der Waals surface area contributed by atoms with E-state index in [2.05, 4.69) is 30.0 Å². The van der Waals surface area contributed by atoms with E-state index >= 15 is 0 Å². The zero-order valence-corrected chi connectivity index (χ0v) is 8.98. The summed E-state index contributed by atoms with van der Waals surface area (Å²) in [6, 6.07) is 6.26. The Hall–Kier alpha value is -0.940. The van der Waals surface area contributed by atoms with Crippen molar-refractivity contribution in [1.82, 2.24) is 0 Å². The summed E-state index contributed by atoms with van der Waals surface area (Å²) in [5.41, 5.74) is 2.38. The van der Waals surface area contributed by atoms with Crippen molar-refractivity contribution in [2.75, 3.05) is 6.26 Å². The molecule has 0 N–H and O–H groups in total. The molecule has 0 aliphatic carbocycles. The van der Waals surface area contributed by atoms with Gasteiger partial charge in [0, 0.05) is 17.4 Å². The van der Waals surface area contributed by atoms with Gasteiger partial charge in [-0.05, 0) is 25.3 Å². The fourth-order valence-corrected chi connectivity index (χ4v) is 1.92. The van der Waals surface area contributed by atoms with Gasteiger partial charge in [0.05, 0.1) is 0 Å². The topological polar surface area (TPSA) is 4.36 Å². The van der Waals surface area contributed by atoms with Gasteiger partial charge in [0.2, 0.25) is 6.04 Å². The molecule has 0 aliphatic rings. The first-order valence-corrected chi connectivity index (χ1v) is 5.42.